The monoisotopic (exact) mass is 289 g/mol. The highest BCUT2D eigenvalue weighted by atomic mass is 16.5. The Morgan fingerprint density at radius 1 is 1.24 bits per heavy atom. The van der Waals surface area contributed by atoms with Gasteiger partial charge in [0.25, 0.3) is 0 Å². The molecule has 21 heavy (non-hydrogen) atoms. The highest BCUT2D eigenvalue weighted by Gasteiger charge is 2.59. The summed E-state index contributed by atoms with van der Waals surface area (Å²) in [7, 11) is 0. The first-order valence-corrected chi connectivity index (χ1v) is 7.37. The molecule has 1 aromatic rings. The van der Waals surface area contributed by atoms with Crippen LogP contribution >= 0.6 is 0 Å². The third kappa shape index (κ3) is 3.01. The van der Waals surface area contributed by atoms with Gasteiger partial charge in [0, 0.05) is 6.04 Å². The van der Waals surface area contributed by atoms with Gasteiger partial charge in [0.2, 0.25) is 0 Å². The summed E-state index contributed by atoms with van der Waals surface area (Å²) in [6.45, 7) is 0.232. The molecule has 1 aromatic carbocycles. The number of amides is 1. The molecule has 5 heteroatoms. The van der Waals surface area contributed by atoms with Gasteiger partial charge in [-0.1, -0.05) is 36.8 Å². The van der Waals surface area contributed by atoms with Crippen molar-refractivity contribution < 1.29 is 19.4 Å². The minimum absolute atomic E-state index is 0.0619. The topological polar surface area (TPSA) is 75.6 Å². The van der Waals surface area contributed by atoms with Crippen LogP contribution in [0.1, 0.15) is 24.8 Å². The highest BCUT2D eigenvalue weighted by molar-refractivity contribution is 5.75. The van der Waals surface area contributed by atoms with Crippen molar-refractivity contribution in [2.75, 3.05) is 0 Å². The fourth-order valence-corrected chi connectivity index (χ4v) is 3.52. The number of benzene rings is 1. The van der Waals surface area contributed by atoms with Crippen LogP contribution in [-0.4, -0.2) is 23.2 Å². The van der Waals surface area contributed by atoms with E-state index < -0.39 is 12.1 Å². The summed E-state index contributed by atoms with van der Waals surface area (Å²) in [6, 6.07) is 9.42. The van der Waals surface area contributed by atoms with Crippen LogP contribution < -0.4 is 5.32 Å². The number of hydrogen-bond acceptors (Lipinski definition) is 3. The zero-order chi connectivity index (χ0) is 14.8. The maximum Gasteiger partial charge on any atom is 0.407 e. The minimum atomic E-state index is -0.739. The van der Waals surface area contributed by atoms with Crippen LogP contribution in [-0.2, 0) is 16.1 Å². The first-order chi connectivity index (χ1) is 10.2. The van der Waals surface area contributed by atoms with Gasteiger partial charge in [-0.2, -0.15) is 0 Å². The maximum absolute atomic E-state index is 11.8. The summed E-state index contributed by atoms with van der Waals surface area (Å²) < 4.78 is 5.20. The van der Waals surface area contributed by atoms with Crippen molar-refractivity contribution in [2.24, 2.45) is 17.8 Å². The second kappa shape index (κ2) is 5.76. The Kier molecular flexibility index (Phi) is 3.82. The Hall–Kier alpha value is -2.04. The van der Waals surface area contributed by atoms with Crippen LogP contribution in [0.5, 0.6) is 0 Å². The molecule has 0 heterocycles. The van der Waals surface area contributed by atoms with Gasteiger partial charge >= 0.3 is 12.1 Å². The molecule has 1 amide bonds. The molecule has 2 N–H and O–H groups in total. The number of alkyl carbamates (subject to hydrolysis) is 1. The van der Waals surface area contributed by atoms with Gasteiger partial charge in [0.1, 0.15) is 6.61 Å². The van der Waals surface area contributed by atoms with Crippen molar-refractivity contribution in [3.8, 4) is 0 Å². The molecule has 2 fully saturated rings. The Morgan fingerprint density at radius 2 is 2.00 bits per heavy atom. The molecular weight excluding hydrogens is 270 g/mol. The number of carboxylic acid groups (broad SMARTS) is 1. The molecule has 5 nitrogen and oxygen atoms in total. The van der Waals surface area contributed by atoms with E-state index in [1.54, 1.807) is 0 Å². The third-order valence-electron chi connectivity index (χ3n) is 4.55. The van der Waals surface area contributed by atoms with E-state index in [0.717, 1.165) is 24.8 Å². The molecule has 0 saturated heterocycles. The first kappa shape index (κ1) is 13.9. The molecule has 0 aliphatic heterocycles. The number of carbonyl (C=O) groups is 2. The van der Waals surface area contributed by atoms with Gasteiger partial charge in [0.05, 0.1) is 5.92 Å². The van der Waals surface area contributed by atoms with E-state index >= 15 is 0 Å². The van der Waals surface area contributed by atoms with Crippen LogP contribution in [0, 0.1) is 17.8 Å². The predicted molar refractivity (Wildman–Crippen MR) is 75.5 cm³/mol. The number of aliphatic carboxylic acids is 1. The lowest BCUT2D eigenvalue weighted by Gasteiger charge is -2.22. The molecule has 0 aromatic heterocycles. The average Bonchev–Trinajstić information content (AvgIpc) is 3.22. The lowest BCUT2D eigenvalue weighted by atomic mass is 9.96. The summed E-state index contributed by atoms with van der Waals surface area (Å²) in [5, 5.41) is 12.0. The largest absolute Gasteiger partial charge is 0.481 e. The molecule has 4 atom stereocenters. The Labute approximate surface area is 123 Å². The van der Waals surface area contributed by atoms with Crippen LogP contribution in [0.15, 0.2) is 30.3 Å². The molecule has 2 aliphatic carbocycles. The second-order valence-electron chi connectivity index (χ2n) is 5.85. The molecule has 0 spiro atoms. The van der Waals surface area contributed by atoms with Gasteiger partial charge in [-0.25, -0.2) is 4.79 Å². The van der Waals surface area contributed by atoms with E-state index in [1.165, 1.54) is 0 Å². The van der Waals surface area contributed by atoms with Crippen molar-refractivity contribution in [1.82, 2.24) is 5.32 Å². The molecule has 0 bridgehead atoms. The molecule has 3 rings (SSSR count). The van der Waals surface area contributed by atoms with E-state index in [1.807, 2.05) is 30.3 Å². The van der Waals surface area contributed by atoms with Crippen molar-refractivity contribution in [3.63, 3.8) is 0 Å². The number of nitrogens with one attached hydrogen (secondary N) is 1. The van der Waals surface area contributed by atoms with Crippen molar-refractivity contribution >= 4 is 12.1 Å². The number of rotatable bonds is 4. The molecule has 4 unspecified atom stereocenters. The standard InChI is InChI=1S/C16H19NO4/c18-15(19)14-11-7-4-8-12(13(11)14)17-16(20)21-9-10-5-2-1-3-6-10/h1-3,5-6,11-14H,4,7-9H2,(H,17,20)(H,18,19). The summed E-state index contributed by atoms with van der Waals surface area (Å²) in [5.41, 5.74) is 0.934. The maximum atomic E-state index is 11.8. The van der Waals surface area contributed by atoms with Crippen LogP contribution in [0.2, 0.25) is 0 Å². The van der Waals surface area contributed by atoms with Gasteiger partial charge < -0.3 is 15.2 Å². The minimum Gasteiger partial charge on any atom is -0.481 e. The zero-order valence-electron chi connectivity index (χ0n) is 11.7. The van der Waals surface area contributed by atoms with Gasteiger partial charge in [-0.15, -0.1) is 0 Å². The van der Waals surface area contributed by atoms with E-state index in [4.69, 9.17) is 9.84 Å². The lowest BCUT2D eigenvalue weighted by molar-refractivity contribution is -0.139. The normalized spacial score (nSPS) is 30.1. The van der Waals surface area contributed by atoms with Crippen LogP contribution in [0.3, 0.4) is 0 Å². The van der Waals surface area contributed by atoms with E-state index in [2.05, 4.69) is 5.32 Å². The second-order valence-corrected chi connectivity index (χ2v) is 5.85. The van der Waals surface area contributed by atoms with Gasteiger partial charge in [-0.3, -0.25) is 4.79 Å². The van der Waals surface area contributed by atoms with Crippen molar-refractivity contribution in [2.45, 2.75) is 31.9 Å². The number of ether oxygens (including phenoxy) is 1. The smallest absolute Gasteiger partial charge is 0.407 e. The number of fused-ring (bicyclic) bond motifs is 1. The number of hydrogen-bond donors (Lipinski definition) is 2. The fraction of sp³-hybridized carbons (Fsp3) is 0.500. The zero-order valence-corrected chi connectivity index (χ0v) is 11.7. The van der Waals surface area contributed by atoms with Gasteiger partial charge in [-0.05, 0) is 30.2 Å². The summed E-state index contributed by atoms with van der Waals surface area (Å²) >= 11 is 0. The Morgan fingerprint density at radius 3 is 2.71 bits per heavy atom. The quantitative estimate of drug-likeness (QED) is 0.892. The summed E-state index contributed by atoms with van der Waals surface area (Å²) in [4.78, 5) is 23.0. The first-order valence-electron chi connectivity index (χ1n) is 7.37. The van der Waals surface area contributed by atoms with E-state index in [0.29, 0.717) is 0 Å². The number of carboxylic acids is 1. The molecule has 0 radical (unpaired) electrons. The SMILES string of the molecule is O=C(NC1CCCC2C(C(=O)O)C12)OCc1ccccc1. The van der Waals surface area contributed by atoms with Gasteiger partial charge in [0.15, 0.2) is 0 Å². The lowest BCUT2D eigenvalue weighted by Crippen LogP contribution is -2.39. The van der Waals surface area contributed by atoms with Crippen molar-refractivity contribution in [1.29, 1.82) is 0 Å². The molecule has 2 aliphatic rings. The number of carbonyl (C=O) groups excluding carboxylic acids is 1. The summed E-state index contributed by atoms with van der Waals surface area (Å²) in [6.07, 6.45) is 2.30. The molecule has 2 saturated carbocycles. The summed E-state index contributed by atoms with van der Waals surface area (Å²) in [5.74, 6) is -0.709. The van der Waals surface area contributed by atoms with Crippen LogP contribution in [0.4, 0.5) is 4.79 Å². The Bertz CT molecular complexity index is 530. The van der Waals surface area contributed by atoms with Crippen LogP contribution in [0.25, 0.3) is 0 Å². The highest BCUT2D eigenvalue weighted by Crippen LogP contribution is 2.55. The average molecular weight is 289 g/mol. The predicted octanol–water partition coefficient (Wildman–Crippen LogP) is 2.41. The third-order valence-corrected chi connectivity index (χ3v) is 4.55. The fourth-order valence-electron chi connectivity index (χ4n) is 3.52. The van der Waals surface area contributed by atoms with E-state index in [-0.39, 0.29) is 30.4 Å². The van der Waals surface area contributed by atoms with Crippen molar-refractivity contribution in [3.05, 3.63) is 35.9 Å². The molecule has 112 valence electrons. The molecular formula is C16H19NO4. The van der Waals surface area contributed by atoms with E-state index in [9.17, 15) is 9.59 Å². The Balaban J connectivity index is 1.50.